The summed E-state index contributed by atoms with van der Waals surface area (Å²) in [7, 11) is -3.97. The number of nitrogens with zero attached hydrogens (tertiary/aromatic N) is 2. The molecule has 3 atom stereocenters. The van der Waals surface area contributed by atoms with Crippen molar-refractivity contribution in [1.29, 1.82) is 0 Å². The Hall–Kier alpha value is -2.42. The van der Waals surface area contributed by atoms with E-state index in [4.69, 9.17) is 0 Å². The van der Waals surface area contributed by atoms with Crippen molar-refractivity contribution in [3.8, 4) is 0 Å². The van der Waals surface area contributed by atoms with E-state index in [1.54, 1.807) is 6.92 Å². The Bertz CT molecular complexity index is 957. The molecule has 2 aliphatic heterocycles. The van der Waals surface area contributed by atoms with E-state index in [0.717, 1.165) is 23.6 Å². The topological polar surface area (TPSA) is 112 Å². The van der Waals surface area contributed by atoms with Crippen LogP contribution >= 0.6 is 0 Å². The Morgan fingerprint density at radius 2 is 2.00 bits per heavy atom. The van der Waals surface area contributed by atoms with Gasteiger partial charge in [-0.2, -0.15) is 0 Å². The SMILES string of the molecule is CCN1C(=O)c2ccc(C(=O)N3CC4CCCC4C3C(=O)O)cc2S1(=O)=O. The molecule has 4 rings (SSSR count). The van der Waals surface area contributed by atoms with E-state index in [1.165, 1.54) is 23.1 Å². The highest BCUT2D eigenvalue weighted by molar-refractivity contribution is 7.90. The van der Waals surface area contributed by atoms with Crippen LogP contribution in [0.5, 0.6) is 0 Å². The number of benzene rings is 1. The van der Waals surface area contributed by atoms with Gasteiger partial charge in [0.05, 0.1) is 5.56 Å². The fourth-order valence-electron chi connectivity index (χ4n) is 4.72. The first-order chi connectivity index (χ1) is 12.8. The summed E-state index contributed by atoms with van der Waals surface area (Å²) < 4.78 is 25.9. The largest absolute Gasteiger partial charge is 0.480 e. The Morgan fingerprint density at radius 1 is 1.26 bits per heavy atom. The summed E-state index contributed by atoms with van der Waals surface area (Å²) in [5, 5.41) is 9.62. The van der Waals surface area contributed by atoms with E-state index < -0.39 is 33.8 Å². The van der Waals surface area contributed by atoms with Crippen LogP contribution in [-0.2, 0) is 14.8 Å². The highest BCUT2D eigenvalue weighted by atomic mass is 32.2. The maximum Gasteiger partial charge on any atom is 0.326 e. The zero-order valence-electron chi connectivity index (χ0n) is 14.8. The first-order valence-corrected chi connectivity index (χ1v) is 10.5. The molecule has 3 aliphatic rings. The highest BCUT2D eigenvalue weighted by Crippen LogP contribution is 2.43. The number of fused-ring (bicyclic) bond motifs is 2. The van der Waals surface area contributed by atoms with E-state index in [2.05, 4.69) is 0 Å². The van der Waals surface area contributed by atoms with Crippen LogP contribution in [0.2, 0.25) is 0 Å². The molecule has 0 spiro atoms. The third kappa shape index (κ3) is 2.48. The summed E-state index contributed by atoms with van der Waals surface area (Å²) in [6, 6.07) is 3.06. The van der Waals surface area contributed by atoms with Crippen molar-refractivity contribution >= 4 is 27.8 Å². The van der Waals surface area contributed by atoms with Gasteiger partial charge in [0.15, 0.2) is 0 Å². The molecule has 1 aromatic rings. The molecule has 9 heteroatoms. The quantitative estimate of drug-likeness (QED) is 0.827. The zero-order chi connectivity index (χ0) is 19.5. The Kier molecular flexibility index (Phi) is 4.03. The third-order valence-electron chi connectivity index (χ3n) is 5.95. The van der Waals surface area contributed by atoms with Crippen LogP contribution in [0.4, 0.5) is 0 Å². The molecule has 0 aromatic heterocycles. The second-order valence-corrected chi connectivity index (χ2v) is 9.11. The number of rotatable bonds is 3. The molecule has 1 N–H and O–H groups in total. The molecule has 0 bridgehead atoms. The number of carbonyl (C=O) groups excluding carboxylic acids is 2. The second kappa shape index (κ2) is 6.05. The predicted octanol–water partition coefficient (Wildman–Crippen LogP) is 1.18. The Balaban J connectivity index is 1.71. The Labute approximate surface area is 156 Å². The number of hydrogen-bond acceptors (Lipinski definition) is 5. The summed E-state index contributed by atoms with van der Waals surface area (Å²) in [4.78, 5) is 38.2. The van der Waals surface area contributed by atoms with Crippen LogP contribution < -0.4 is 0 Å². The molecular weight excluding hydrogens is 372 g/mol. The molecule has 27 heavy (non-hydrogen) atoms. The lowest BCUT2D eigenvalue weighted by atomic mass is 9.94. The van der Waals surface area contributed by atoms with Crippen molar-refractivity contribution in [2.24, 2.45) is 11.8 Å². The van der Waals surface area contributed by atoms with Gasteiger partial charge in [0.1, 0.15) is 10.9 Å². The van der Waals surface area contributed by atoms with Crippen molar-refractivity contribution in [2.75, 3.05) is 13.1 Å². The number of carbonyl (C=O) groups is 3. The van der Waals surface area contributed by atoms with E-state index in [1.807, 2.05) is 0 Å². The fourth-order valence-corrected chi connectivity index (χ4v) is 6.32. The molecule has 2 heterocycles. The molecule has 144 valence electrons. The van der Waals surface area contributed by atoms with E-state index in [0.29, 0.717) is 6.54 Å². The first-order valence-electron chi connectivity index (χ1n) is 9.02. The van der Waals surface area contributed by atoms with Crippen LogP contribution in [0.1, 0.15) is 46.9 Å². The van der Waals surface area contributed by atoms with Crippen LogP contribution in [0.25, 0.3) is 0 Å². The molecule has 2 amide bonds. The number of amides is 2. The number of carboxylic acids is 1. The number of carboxylic acid groups (broad SMARTS) is 1. The number of sulfonamides is 1. The monoisotopic (exact) mass is 392 g/mol. The van der Waals surface area contributed by atoms with Gasteiger partial charge in [0, 0.05) is 18.7 Å². The molecule has 1 saturated carbocycles. The van der Waals surface area contributed by atoms with Gasteiger partial charge in [-0.05, 0) is 49.8 Å². The van der Waals surface area contributed by atoms with E-state index >= 15 is 0 Å². The molecule has 2 fully saturated rings. The predicted molar refractivity (Wildman–Crippen MR) is 93.6 cm³/mol. The summed E-state index contributed by atoms with van der Waals surface area (Å²) in [6.45, 7) is 1.94. The van der Waals surface area contributed by atoms with Crippen LogP contribution in [0.3, 0.4) is 0 Å². The van der Waals surface area contributed by atoms with E-state index in [9.17, 15) is 27.9 Å². The van der Waals surface area contributed by atoms with E-state index in [-0.39, 0.29) is 34.4 Å². The van der Waals surface area contributed by atoms with Gasteiger partial charge in [-0.1, -0.05) is 6.42 Å². The fraction of sp³-hybridized carbons (Fsp3) is 0.500. The maximum atomic E-state index is 13.0. The minimum Gasteiger partial charge on any atom is -0.480 e. The van der Waals surface area contributed by atoms with Gasteiger partial charge in [0.2, 0.25) is 0 Å². The normalized spacial score (nSPS) is 28.3. The smallest absolute Gasteiger partial charge is 0.326 e. The standard InChI is InChI=1S/C18H20N2O6S/c1-2-20-17(22)13-7-6-10(8-14(13)27(20,25)26)16(21)19-9-11-4-3-5-12(11)15(19)18(23)24/h6-8,11-12,15H,2-5,9H2,1H3,(H,23,24). The first kappa shape index (κ1) is 18.0. The summed E-state index contributed by atoms with van der Waals surface area (Å²) >= 11 is 0. The molecule has 1 saturated heterocycles. The Morgan fingerprint density at radius 3 is 2.67 bits per heavy atom. The van der Waals surface area contributed by atoms with Gasteiger partial charge in [-0.3, -0.25) is 9.59 Å². The molecule has 1 aromatic carbocycles. The van der Waals surface area contributed by atoms with Crippen LogP contribution in [-0.4, -0.2) is 59.6 Å². The minimum absolute atomic E-state index is 0.00962. The van der Waals surface area contributed by atoms with Crippen molar-refractivity contribution < 1.29 is 27.9 Å². The number of aliphatic carboxylic acids is 1. The molecular formula is C18H20N2O6S. The number of hydrogen-bond donors (Lipinski definition) is 1. The van der Waals surface area contributed by atoms with Gasteiger partial charge < -0.3 is 10.0 Å². The van der Waals surface area contributed by atoms with Gasteiger partial charge in [-0.25, -0.2) is 17.5 Å². The summed E-state index contributed by atoms with van der Waals surface area (Å²) in [5.41, 5.74) is 0.135. The van der Waals surface area contributed by atoms with Gasteiger partial charge >= 0.3 is 5.97 Å². The van der Waals surface area contributed by atoms with Crippen molar-refractivity contribution in [1.82, 2.24) is 9.21 Å². The van der Waals surface area contributed by atoms with Gasteiger partial charge in [-0.15, -0.1) is 0 Å². The third-order valence-corrected chi connectivity index (χ3v) is 7.84. The van der Waals surface area contributed by atoms with Crippen LogP contribution in [0.15, 0.2) is 23.1 Å². The molecule has 3 unspecified atom stereocenters. The average molecular weight is 392 g/mol. The highest BCUT2D eigenvalue weighted by Gasteiger charge is 2.50. The lowest BCUT2D eigenvalue weighted by Gasteiger charge is -2.24. The van der Waals surface area contributed by atoms with Crippen molar-refractivity contribution in [3.05, 3.63) is 29.3 Å². The molecule has 8 nitrogen and oxygen atoms in total. The van der Waals surface area contributed by atoms with Gasteiger partial charge in [0.25, 0.3) is 21.8 Å². The van der Waals surface area contributed by atoms with Crippen molar-refractivity contribution in [3.63, 3.8) is 0 Å². The minimum atomic E-state index is -3.97. The molecule has 1 aliphatic carbocycles. The van der Waals surface area contributed by atoms with Crippen molar-refractivity contribution in [2.45, 2.75) is 37.1 Å². The summed E-state index contributed by atoms with van der Waals surface area (Å²) in [6.07, 6.45) is 2.65. The zero-order valence-corrected chi connectivity index (χ0v) is 15.6. The number of likely N-dealkylation sites (tertiary alicyclic amines) is 1. The molecule has 0 radical (unpaired) electrons. The van der Waals surface area contributed by atoms with Crippen LogP contribution in [0, 0.1) is 11.8 Å². The lowest BCUT2D eigenvalue weighted by molar-refractivity contribution is -0.142. The second-order valence-electron chi connectivity index (χ2n) is 7.28. The maximum absolute atomic E-state index is 13.0. The average Bonchev–Trinajstić information content (AvgIpc) is 3.25. The lowest BCUT2D eigenvalue weighted by Crippen LogP contribution is -2.43. The summed E-state index contributed by atoms with van der Waals surface area (Å²) in [5.74, 6) is -2.02.